The van der Waals surface area contributed by atoms with Crippen molar-refractivity contribution in [2.45, 2.75) is 50.9 Å². The Kier molecular flexibility index (Phi) is 5.21. The molecule has 160 valence electrons. The number of piperidine rings is 1. The summed E-state index contributed by atoms with van der Waals surface area (Å²) in [5.41, 5.74) is 5.34. The topological polar surface area (TPSA) is 40.5 Å². The van der Waals surface area contributed by atoms with E-state index < -0.39 is 0 Å². The van der Waals surface area contributed by atoms with Gasteiger partial charge in [-0.05, 0) is 65.5 Å². The van der Waals surface area contributed by atoms with E-state index in [1.807, 2.05) is 12.1 Å². The van der Waals surface area contributed by atoms with E-state index >= 15 is 0 Å². The third-order valence-electron chi connectivity index (χ3n) is 7.60. The van der Waals surface area contributed by atoms with E-state index in [0.717, 1.165) is 32.4 Å². The molecular formula is C28H31NO2. The van der Waals surface area contributed by atoms with E-state index in [-0.39, 0.29) is 5.41 Å². The van der Waals surface area contributed by atoms with Gasteiger partial charge in [-0.25, -0.2) is 0 Å². The van der Waals surface area contributed by atoms with Gasteiger partial charge < -0.3 is 10.0 Å². The summed E-state index contributed by atoms with van der Waals surface area (Å²) in [4.78, 5) is 14.0. The predicted molar refractivity (Wildman–Crippen MR) is 124 cm³/mol. The molecule has 5 rings (SSSR count). The first-order chi connectivity index (χ1) is 15.0. The normalized spacial score (nSPS) is 28.2. The number of carbonyl (C=O) groups excluding carboxylic acids is 1. The minimum atomic E-state index is 0.00174. The Bertz CT molecular complexity index is 1030. The van der Waals surface area contributed by atoms with Crippen LogP contribution >= 0.6 is 0 Å². The van der Waals surface area contributed by atoms with Gasteiger partial charge in [-0.15, -0.1) is 0 Å². The third kappa shape index (κ3) is 3.82. The number of benzene rings is 2. The molecule has 3 heteroatoms. The number of hydrogen-bond donors (Lipinski definition) is 1. The number of phenols is 1. The van der Waals surface area contributed by atoms with Gasteiger partial charge in [0.25, 0.3) is 0 Å². The quantitative estimate of drug-likeness (QED) is 0.699. The van der Waals surface area contributed by atoms with E-state index in [0.29, 0.717) is 36.2 Å². The number of nitrogens with zero attached hydrogens (tertiary/aromatic N) is 1. The van der Waals surface area contributed by atoms with Crippen molar-refractivity contribution >= 4 is 5.78 Å². The summed E-state index contributed by atoms with van der Waals surface area (Å²) < 4.78 is 0. The molecule has 1 aliphatic heterocycles. The highest BCUT2D eigenvalue weighted by molar-refractivity contribution is 5.79. The summed E-state index contributed by atoms with van der Waals surface area (Å²) in [5.74, 6) is 1.56. The second-order valence-electron chi connectivity index (χ2n) is 9.61. The first-order valence-corrected chi connectivity index (χ1v) is 11.6. The highest BCUT2D eigenvalue weighted by Gasteiger charge is 2.42. The average molecular weight is 414 g/mol. The first-order valence-electron chi connectivity index (χ1n) is 11.6. The van der Waals surface area contributed by atoms with E-state index in [2.05, 4.69) is 66.4 Å². The van der Waals surface area contributed by atoms with Crippen LogP contribution in [0.3, 0.4) is 0 Å². The van der Waals surface area contributed by atoms with E-state index in [1.165, 1.54) is 22.4 Å². The van der Waals surface area contributed by atoms with Crippen molar-refractivity contribution in [1.29, 1.82) is 0 Å². The Hall–Kier alpha value is -2.81. The molecular weight excluding hydrogens is 382 g/mol. The Morgan fingerprint density at radius 3 is 2.52 bits per heavy atom. The fraction of sp³-hybridized carbons (Fsp3) is 0.393. The zero-order valence-corrected chi connectivity index (χ0v) is 18.3. The number of rotatable bonds is 3. The molecule has 1 heterocycles. The number of ketones is 1. The van der Waals surface area contributed by atoms with Crippen molar-refractivity contribution in [3.63, 3.8) is 0 Å². The Balaban J connectivity index is 1.48. The lowest BCUT2D eigenvalue weighted by atomic mass is 9.59. The summed E-state index contributed by atoms with van der Waals surface area (Å²) in [6.07, 6.45) is 11.5. The predicted octanol–water partition coefficient (Wildman–Crippen LogP) is 5.72. The summed E-state index contributed by atoms with van der Waals surface area (Å²) in [5, 5.41) is 10.1. The third-order valence-corrected chi connectivity index (χ3v) is 7.60. The maximum absolute atomic E-state index is 11.6. The van der Waals surface area contributed by atoms with E-state index in [4.69, 9.17) is 0 Å². The van der Waals surface area contributed by atoms with Crippen molar-refractivity contribution < 1.29 is 9.90 Å². The van der Waals surface area contributed by atoms with Crippen LogP contribution in [0.5, 0.6) is 5.75 Å². The van der Waals surface area contributed by atoms with Crippen molar-refractivity contribution in [3.8, 4) is 5.75 Å². The fourth-order valence-electron chi connectivity index (χ4n) is 5.90. The molecule has 0 bridgehead atoms. The highest BCUT2D eigenvalue weighted by atomic mass is 16.3. The molecule has 1 unspecified atom stereocenters. The van der Waals surface area contributed by atoms with Crippen LogP contribution in [0, 0.1) is 5.41 Å². The Labute approximate surface area is 185 Å². The van der Waals surface area contributed by atoms with Crippen molar-refractivity contribution in [1.82, 2.24) is 4.90 Å². The molecule has 1 N–H and O–H groups in total. The Morgan fingerprint density at radius 1 is 1.03 bits per heavy atom. The van der Waals surface area contributed by atoms with Crippen LogP contribution < -0.4 is 0 Å². The number of Topliss-reactive ketones (excluding diaryl/α,β-unsaturated/α-hetero) is 1. The van der Waals surface area contributed by atoms with Crippen molar-refractivity contribution in [2.75, 3.05) is 13.1 Å². The largest absolute Gasteiger partial charge is 0.508 e. The highest BCUT2D eigenvalue weighted by Crippen LogP contribution is 2.55. The molecule has 2 aromatic rings. The number of aromatic hydroxyl groups is 1. The smallest absolute Gasteiger partial charge is 0.136 e. The average Bonchev–Trinajstić information content (AvgIpc) is 2.80. The minimum Gasteiger partial charge on any atom is -0.508 e. The molecule has 0 saturated carbocycles. The molecule has 0 radical (unpaired) electrons. The molecule has 2 aromatic carbocycles. The minimum absolute atomic E-state index is 0.00174. The molecule has 2 aliphatic carbocycles. The van der Waals surface area contributed by atoms with Gasteiger partial charge in [0.15, 0.2) is 0 Å². The number of likely N-dealkylation sites (tertiary alicyclic amines) is 1. The molecule has 3 aliphatic rings. The molecule has 0 amide bonds. The van der Waals surface area contributed by atoms with Crippen molar-refractivity contribution in [2.24, 2.45) is 5.41 Å². The van der Waals surface area contributed by atoms with Crippen LogP contribution in [0.15, 0.2) is 72.5 Å². The monoisotopic (exact) mass is 413 g/mol. The van der Waals surface area contributed by atoms with Crippen LogP contribution in [-0.4, -0.2) is 28.9 Å². The lowest BCUT2D eigenvalue weighted by Gasteiger charge is -2.46. The van der Waals surface area contributed by atoms with Crippen LogP contribution in [0.1, 0.15) is 61.1 Å². The van der Waals surface area contributed by atoms with Crippen LogP contribution in [-0.2, 0) is 11.2 Å². The summed E-state index contributed by atoms with van der Waals surface area (Å²) >= 11 is 0. The van der Waals surface area contributed by atoms with E-state index in [1.54, 1.807) is 0 Å². The molecule has 3 nitrogen and oxygen atoms in total. The van der Waals surface area contributed by atoms with Gasteiger partial charge >= 0.3 is 0 Å². The van der Waals surface area contributed by atoms with E-state index in [9.17, 15) is 9.90 Å². The zero-order chi connectivity index (χ0) is 21.4. The molecule has 1 fully saturated rings. The van der Waals surface area contributed by atoms with Gasteiger partial charge in [-0.3, -0.25) is 4.79 Å². The van der Waals surface area contributed by atoms with Gasteiger partial charge in [0.2, 0.25) is 0 Å². The number of hydrogen-bond acceptors (Lipinski definition) is 3. The van der Waals surface area contributed by atoms with Gasteiger partial charge in [-0.2, -0.15) is 0 Å². The van der Waals surface area contributed by atoms with Gasteiger partial charge in [0, 0.05) is 37.5 Å². The number of aryl methyl sites for hydroxylation is 1. The summed E-state index contributed by atoms with van der Waals surface area (Å²) in [7, 11) is 0. The Morgan fingerprint density at radius 2 is 1.81 bits per heavy atom. The zero-order valence-electron chi connectivity index (χ0n) is 18.3. The molecule has 31 heavy (non-hydrogen) atoms. The lowest BCUT2D eigenvalue weighted by Crippen LogP contribution is -2.36. The second kappa shape index (κ2) is 8.03. The van der Waals surface area contributed by atoms with Gasteiger partial charge in [0.05, 0.1) is 0 Å². The SMILES string of the molecule is CC1([C@@H]2c3ccc(O)cc3CC[C@@H]2c2ccccc2)C=CC(N2CCC(=O)CC2)=CC1. The second-order valence-corrected chi connectivity index (χ2v) is 9.61. The lowest BCUT2D eigenvalue weighted by molar-refractivity contribution is -0.121. The number of carbonyl (C=O) groups is 1. The van der Waals surface area contributed by atoms with Crippen molar-refractivity contribution in [3.05, 3.63) is 89.1 Å². The standard InChI is InChI=1S/C28H31NO2/c1-28(15-11-22(12-16-28)29-17-13-23(30)14-18-29)27-25(20-5-3-2-4-6-20)9-7-21-19-24(31)8-10-26(21)27/h2-6,8,10-12,15,19,25,27,31H,7,9,13-14,16-18H2,1H3/t25-,27+,28?/m1/s1. The maximum atomic E-state index is 11.6. The summed E-state index contributed by atoms with van der Waals surface area (Å²) in [6.45, 7) is 4.06. The van der Waals surface area contributed by atoms with Gasteiger partial charge in [-0.1, -0.05) is 55.5 Å². The number of fused-ring (bicyclic) bond motifs is 1. The van der Waals surface area contributed by atoms with Crippen LogP contribution in [0.25, 0.3) is 0 Å². The van der Waals surface area contributed by atoms with Crippen LogP contribution in [0.2, 0.25) is 0 Å². The molecule has 0 spiro atoms. The molecule has 1 saturated heterocycles. The molecule has 3 atom stereocenters. The number of phenolic OH excluding ortho intramolecular Hbond substituents is 1. The van der Waals surface area contributed by atoms with Crippen LogP contribution in [0.4, 0.5) is 0 Å². The maximum Gasteiger partial charge on any atom is 0.136 e. The molecule has 0 aromatic heterocycles. The summed E-state index contributed by atoms with van der Waals surface area (Å²) in [6, 6.07) is 16.9. The number of allylic oxidation sites excluding steroid dienone is 3. The fourth-order valence-corrected chi connectivity index (χ4v) is 5.90. The van der Waals surface area contributed by atoms with Gasteiger partial charge in [0.1, 0.15) is 11.5 Å². The first kappa shape index (κ1) is 20.1.